The molecule has 2 aromatic heterocycles. The Morgan fingerprint density at radius 3 is 2.21 bits per heavy atom. The van der Waals surface area contributed by atoms with Crippen LogP contribution in [0.15, 0.2) is 30.5 Å². The Bertz CT molecular complexity index is 1050. The van der Waals surface area contributed by atoms with Gasteiger partial charge in [0.2, 0.25) is 0 Å². The van der Waals surface area contributed by atoms with E-state index in [2.05, 4.69) is 15.4 Å². The van der Waals surface area contributed by atoms with E-state index < -0.39 is 35.4 Å². The Morgan fingerprint density at radius 1 is 1.00 bits per heavy atom. The predicted octanol–water partition coefficient (Wildman–Crippen LogP) is 3.92. The zero-order chi connectivity index (χ0) is 21.8. The predicted molar refractivity (Wildman–Crippen MR) is 82.9 cm³/mol. The fourth-order valence-corrected chi connectivity index (χ4v) is 2.59. The van der Waals surface area contributed by atoms with Gasteiger partial charge in [-0.05, 0) is 12.1 Å². The maximum atomic E-state index is 13.7. The van der Waals surface area contributed by atoms with E-state index in [0.717, 1.165) is 13.2 Å². The van der Waals surface area contributed by atoms with Crippen LogP contribution in [-0.2, 0) is 19.1 Å². The molecule has 0 fully saturated rings. The molecule has 0 bridgehead atoms. The number of aromatic nitrogens is 5. The lowest BCUT2D eigenvalue weighted by Gasteiger charge is -2.19. The molecule has 0 amide bonds. The van der Waals surface area contributed by atoms with Crippen LogP contribution in [0.1, 0.15) is 11.3 Å². The van der Waals surface area contributed by atoms with Crippen LogP contribution in [0, 0.1) is 0 Å². The molecule has 0 radical (unpaired) electrons. The summed E-state index contributed by atoms with van der Waals surface area (Å²) >= 11 is 0. The third-order valence-electron chi connectivity index (χ3n) is 3.85. The van der Waals surface area contributed by atoms with Crippen LogP contribution in [0.5, 0.6) is 0 Å². The maximum absolute atomic E-state index is 13.7. The van der Waals surface area contributed by atoms with Crippen LogP contribution >= 0.6 is 0 Å². The van der Waals surface area contributed by atoms with Gasteiger partial charge in [-0.15, -0.1) is 5.10 Å². The minimum absolute atomic E-state index is 0.00996. The lowest BCUT2D eigenvalue weighted by Crippen LogP contribution is -2.36. The van der Waals surface area contributed by atoms with Gasteiger partial charge in [0.1, 0.15) is 11.3 Å². The molecule has 3 rings (SSSR count). The summed E-state index contributed by atoms with van der Waals surface area (Å²) < 4.78 is 107. The number of alkyl halides is 8. The largest absolute Gasteiger partial charge is 0.459 e. The summed E-state index contributed by atoms with van der Waals surface area (Å²) in [6, 6.07) is 5.98. The highest BCUT2D eigenvalue weighted by atomic mass is 19.4. The van der Waals surface area contributed by atoms with Gasteiger partial charge in [0, 0.05) is 18.3 Å². The first kappa shape index (κ1) is 20.5. The van der Waals surface area contributed by atoms with Crippen molar-refractivity contribution in [3.05, 3.63) is 41.7 Å². The van der Waals surface area contributed by atoms with Crippen LogP contribution in [0.4, 0.5) is 40.8 Å². The average molecular weight is 426 g/mol. The van der Waals surface area contributed by atoms with Crippen LogP contribution in [-0.4, -0.2) is 31.0 Å². The Labute approximate surface area is 156 Å². The van der Waals surface area contributed by atoms with Crippen LogP contribution in [0.25, 0.3) is 17.1 Å². The average Bonchev–Trinajstić information content (AvgIpc) is 3.17. The minimum Gasteiger partial charge on any atom is -0.399 e. The van der Waals surface area contributed by atoms with E-state index in [1.807, 2.05) is 0 Å². The number of nitrogens with two attached hydrogens (primary N) is 1. The van der Waals surface area contributed by atoms with E-state index in [-0.39, 0.29) is 10.4 Å². The Balaban J connectivity index is 2.21. The SMILES string of the molecule is Cn1nc(C(F)(F)C(F)(F)F)c(C(F)(F)F)c1-n1cc(-c2cccc(N)c2)nn1. The maximum Gasteiger partial charge on any atom is 0.459 e. The van der Waals surface area contributed by atoms with Gasteiger partial charge in [-0.2, -0.15) is 40.2 Å². The fourth-order valence-electron chi connectivity index (χ4n) is 2.59. The molecule has 2 heterocycles. The molecule has 0 atom stereocenters. The first-order chi connectivity index (χ1) is 13.2. The fraction of sp³-hybridized carbons (Fsp3) is 0.267. The van der Waals surface area contributed by atoms with Gasteiger partial charge in [0.25, 0.3) is 0 Å². The van der Waals surface area contributed by atoms with Crippen LogP contribution in [0.2, 0.25) is 0 Å². The number of nitrogens with zero attached hydrogens (tertiary/aromatic N) is 5. The monoisotopic (exact) mass is 426 g/mol. The summed E-state index contributed by atoms with van der Waals surface area (Å²) in [5, 5.41) is 9.86. The smallest absolute Gasteiger partial charge is 0.399 e. The molecule has 14 heteroatoms. The first-order valence-electron chi connectivity index (χ1n) is 7.61. The highest BCUT2D eigenvalue weighted by Crippen LogP contribution is 2.49. The number of benzene rings is 1. The minimum atomic E-state index is -6.28. The molecule has 1 aromatic carbocycles. The van der Waals surface area contributed by atoms with Crippen molar-refractivity contribution < 1.29 is 35.1 Å². The van der Waals surface area contributed by atoms with Crippen molar-refractivity contribution >= 4 is 5.69 Å². The zero-order valence-corrected chi connectivity index (χ0v) is 14.2. The summed E-state index contributed by atoms with van der Waals surface area (Å²) in [5.41, 5.74) is 1.51. The van der Waals surface area contributed by atoms with Gasteiger partial charge in [-0.1, -0.05) is 17.3 Å². The molecule has 0 saturated heterocycles. The third kappa shape index (κ3) is 3.49. The van der Waals surface area contributed by atoms with Crippen molar-refractivity contribution in [3.63, 3.8) is 0 Å². The van der Waals surface area contributed by atoms with Gasteiger partial charge in [-0.3, -0.25) is 0 Å². The van der Waals surface area contributed by atoms with E-state index in [4.69, 9.17) is 5.73 Å². The number of nitrogen functional groups attached to an aromatic ring is 1. The summed E-state index contributed by atoms with van der Waals surface area (Å²) in [5.74, 6) is -7.00. The van der Waals surface area contributed by atoms with Crippen molar-refractivity contribution in [2.45, 2.75) is 18.3 Å². The Hall–Kier alpha value is -3.19. The Kier molecular flexibility index (Phi) is 4.55. The number of hydrogen-bond donors (Lipinski definition) is 1. The second kappa shape index (κ2) is 6.42. The molecular formula is C15H10F8N6. The second-order valence-electron chi connectivity index (χ2n) is 5.91. The number of halogens is 8. The van der Waals surface area contributed by atoms with Crippen molar-refractivity contribution in [1.82, 2.24) is 24.8 Å². The van der Waals surface area contributed by atoms with Crippen LogP contribution < -0.4 is 5.73 Å². The Morgan fingerprint density at radius 2 is 1.66 bits per heavy atom. The molecule has 29 heavy (non-hydrogen) atoms. The van der Waals surface area contributed by atoms with Crippen molar-refractivity contribution in [2.75, 3.05) is 5.73 Å². The summed E-state index contributed by atoms with van der Waals surface area (Å²) in [4.78, 5) is 0. The molecule has 0 unspecified atom stereocenters. The second-order valence-corrected chi connectivity index (χ2v) is 5.91. The molecule has 3 aromatic rings. The lowest BCUT2D eigenvalue weighted by atomic mass is 10.1. The molecule has 0 aliphatic heterocycles. The number of hydrogen-bond acceptors (Lipinski definition) is 4. The summed E-state index contributed by atoms with van der Waals surface area (Å²) in [7, 11) is 0.780. The van der Waals surface area contributed by atoms with Gasteiger partial charge in [0.05, 0.1) is 6.20 Å². The van der Waals surface area contributed by atoms with E-state index >= 15 is 0 Å². The molecule has 0 aliphatic rings. The van der Waals surface area contributed by atoms with Crippen molar-refractivity contribution in [1.29, 1.82) is 0 Å². The van der Waals surface area contributed by atoms with Gasteiger partial charge in [-0.25, -0.2) is 9.36 Å². The van der Waals surface area contributed by atoms with Crippen molar-refractivity contribution in [3.8, 4) is 17.1 Å². The topological polar surface area (TPSA) is 74.5 Å². The molecule has 0 spiro atoms. The van der Waals surface area contributed by atoms with Crippen molar-refractivity contribution in [2.24, 2.45) is 7.05 Å². The van der Waals surface area contributed by atoms with Gasteiger partial charge >= 0.3 is 18.3 Å². The van der Waals surface area contributed by atoms with Gasteiger partial charge < -0.3 is 5.73 Å². The quantitative estimate of drug-likeness (QED) is 0.509. The normalized spacial score (nSPS) is 13.1. The number of anilines is 1. The zero-order valence-electron chi connectivity index (χ0n) is 14.2. The van der Waals surface area contributed by atoms with Crippen LogP contribution in [0.3, 0.4) is 0 Å². The molecule has 0 aliphatic carbocycles. The lowest BCUT2D eigenvalue weighted by molar-refractivity contribution is -0.292. The molecule has 156 valence electrons. The molecular weight excluding hydrogens is 416 g/mol. The standard InChI is InChI=1S/C15H10F8N6/c1-28-12(29-6-9(25-27-29)7-3-2-4-8(24)5-7)10(14(18,19)20)11(26-28)13(16,17)15(21,22)23/h2-6H,24H2,1H3. The van der Waals surface area contributed by atoms with E-state index in [9.17, 15) is 35.1 Å². The third-order valence-corrected chi connectivity index (χ3v) is 3.85. The number of aryl methyl sites for hydroxylation is 1. The number of rotatable bonds is 3. The first-order valence-corrected chi connectivity index (χ1v) is 7.61. The molecule has 0 saturated carbocycles. The van der Waals surface area contributed by atoms with E-state index in [1.165, 1.54) is 24.3 Å². The highest BCUT2D eigenvalue weighted by Gasteiger charge is 2.64. The highest BCUT2D eigenvalue weighted by molar-refractivity contribution is 5.63. The van der Waals surface area contributed by atoms with E-state index in [0.29, 0.717) is 15.9 Å². The van der Waals surface area contributed by atoms with Gasteiger partial charge in [0.15, 0.2) is 11.5 Å². The van der Waals surface area contributed by atoms with E-state index in [1.54, 1.807) is 0 Å². The molecule has 6 nitrogen and oxygen atoms in total. The summed E-state index contributed by atoms with van der Waals surface area (Å²) in [6.45, 7) is 0. The summed E-state index contributed by atoms with van der Waals surface area (Å²) in [6.07, 6.45) is -10.9. The molecule has 2 N–H and O–H groups in total.